The topological polar surface area (TPSA) is 105 Å². The Morgan fingerprint density at radius 3 is 2.17 bits per heavy atom. The predicted molar refractivity (Wildman–Crippen MR) is 185 cm³/mol. The van der Waals surface area contributed by atoms with Crippen molar-refractivity contribution in [3.05, 3.63) is 118 Å². The van der Waals surface area contributed by atoms with Gasteiger partial charge in [-0.2, -0.15) is 0 Å². The van der Waals surface area contributed by atoms with Gasteiger partial charge >= 0.3 is 0 Å². The van der Waals surface area contributed by atoms with Crippen LogP contribution in [0.15, 0.2) is 95.9 Å². The van der Waals surface area contributed by atoms with Gasteiger partial charge in [-0.25, -0.2) is 8.42 Å². The first-order valence-corrected chi connectivity index (χ1v) is 17.0. The molecule has 12 heteroatoms. The zero-order valence-electron chi connectivity index (χ0n) is 26.6. The third-order valence-corrected chi connectivity index (χ3v) is 9.90. The SMILES string of the molecule is CCNC(=O)C(Cc1ccccc1)N(Cc1ccc(Cl)cc1Cl)C(=O)CN(c1ccc(OC)c(OC)c1)S(=O)(=O)c1ccc(C)cc1. The number of benzene rings is 4. The van der Waals surface area contributed by atoms with Crippen LogP contribution in [-0.4, -0.2) is 58.5 Å². The van der Waals surface area contributed by atoms with Gasteiger partial charge in [-0.3, -0.25) is 13.9 Å². The summed E-state index contributed by atoms with van der Waals surface area (Å²) in [6.45, 7) is 3.23. The molecule has 0 aliphatic rings. The molecule has 2 amide bonds. The lowest BCUT2D eigenvalue weighted by Gasteiger charge is -2.34. The number of methoxy groups -OCH3 is 2. The number of halogens is 2. The van der Waals surface area contributed by atoms with Crippen LogP contribution in [0.5, 0.6) is 11.5 Å². The van der Waals surface area contributed by atoms with Crippen molar-refractivity contribution in [1.82, 2.24) is 10.2 Å². The van der Waals surface area contributed by atoms with Crippen molar-refractivity contribution in [3.63, 3.8) is 0 Å². The summed E-state index contributed by atoms with van der Waals surface area (Å²) < 4.78 is 40.4. The van der Waals surface area contributed by atoms with E-state index in [0.29, 0.717) is 27.9 Å². The predicted octanol–water partition coefficient (Wildman–Crippen LogP) is 6.29. The van der Waals surface area contributed by atoms with E-state index in [1.54, 1.807) is 43.3 Å². The fourth-order valence-corrected chi connectivity index (χ4v) is 6.90. The van der Waals surface area contributed by atoms with Crippen LogP contribution < -0.4 is 19.1 Å². The van der Waals surface area contributed by atoms with Gasteiger partial charge < -0.3 is 19.7 Å². The minimum Gasteiger partial charge on any atom is -0.493 e. The van der Waals surface area contributed by atoms with E-state index in [2.05, 4.69) is 5.32 Å². The van der Waals surface area contributed by atoms with Crippen LogP contribution >= 0.6 is 23.2 Å². The van der Waals surface area contributed by atoms with Gasteiger partial charge in [0, 0.05) is 35.6 Å². The van der Waals surface area contributed by atoms with Gasteiger partial charge in [0.25, 0.3) is 10.0 Å². The Hall–Kier alpha value is -4.25. The highest BCUT2D eigenvalue weighted by Gasteiger charge is 2.35. The van der Waals surface area contributed by atoms with Crippen molar-refractivity contribution in [3.8, 4) is 11.5 Å². The molecule has 0 bridgehead atoms. The Kier molecular flexibility index (Phi) is 12.1. The number of likely N-dealkylation sites (N-methyl/N-ethyl adjacent to an activating group) is 1. The Balaban J connectivity index is 1.85. The second kappa shape index (κ2) is 16.0. The van der Waals surface area contributed by atoms with Gasteiger partial charge in [0.2, 0.25) is 11.8 Å². The van der Waals surface area contributed by atoms with E-state index < -0.39 is 34.4 Å². The lowest BCUT2D eigenvalue weighted by atomic mass is 10.0. The number of sulfonamides is 1. The summed E-state index contributed by atoms with van der Waals surface area (Å²) in [6, 6.07) is 24.1. The lowest BCUT2D eigenvalue weighted by Crippen LogP contribution is -2.53. The monoisotopic (exact) mass is 697 g/mol. The highest BCUT2D eigenvalue weighted by Crippen LogP contribution is 2.34. The van der Waals surface area contributed by atoms with Crippen molar-refractivity contribution in [2.45, 2.75) is 37.8 Å². The van der Waals surface area contributed by atoms with E-state index in [4.69, 9.17) is 32.7 Å². The maximum Gasteiger partial charge on any atom is 0.264 e. The molecule has 0 aromatic heterocycles. The van der Waals surface area contributed by atoms with Gasteiger partial charge in [0.1, 0.15) is 12.6 Å². The standard InChI is InChI=1S/C35H37Cl2N3O6S/c1-5-38-35(42)31(19-25-9-7-6-8-10-25)39(22-26-13-14-27(36)20-30(26)37)34(41)23-40(28-15-18-32(45-3)33(21-28)46-4)47(43,44)29-16-11-24(2)12-17-29/h6-18,20-21,31H,5,19,22-23H2,1-4H3,(H,38,42). The maximum absolute atomic E-state index is 14.6. The Morgan fingerprint density at radius 1 is 0.872 bits per heavy atom. The van der Waals surface area contributed by atoms with Crippen molar-refractivity contribution in [2.75, 3.05) is 31.6 Å². The second-order valence-corrected chi connectivity index (χ2v) is 13.4. The Morgan fingerprint density at radius 2 is 1.55 bits per heavy atom. The first-order chi connectivity index (χ1) is 22.5. The molecule has 0 radical (unpaired) electrons. The molecule has 1 unspecified atom stereocenters. The molecule has 1 atom stereocenters. The molecule has 0 saturated carbocycles. The van der Waals surface area contributed by atoms with Gasteiger partial charge in [-0.05, 0) is 61.4 Å². The van der Waals surface area contributed by atoms with Crippen molar-refractivity contribution >= 4 is 50.7 Å². The van der Waals surface area contributed by atoms with E-state index in [1.807, 2.05) is 37.3 Å². The maximum atomic E-state index is 14.6. The summed E-state index contributed by atoms with van der Waals surface area (Å²) in [5.41, 5.74) is 2.38. The van der Waals surface area contributed by atoms with Crippen LogP contribution in [0.3, 0.4) is 0 Å². The fourth-order valence-electron chi connectivity index (χ4n) is 5.03. The molecule has 248 valence electrons. The average Bonchev–Trinajstić information content (AvgIpc) is 3.06. The minimum absolute atomic E-state index is 0.0115. The van der Waals surface area contributed by atoms with Crippen LogP contribution in [0.1, 0.15) is 23.6 Å². The van der Waals surface area contributed by atoms with Crippen LogP contribution in [0.2, 0.25) is 10.0 Å². The molecule has 1 N–H and O–H groups in total. The molecule has 47 heavy (non-hydrogen) atoms. The average molecular weight is 699 g/mol. The number of hydrogen-bond acceptors (Lipinski definition) is 6. The fraction of sp³-hybridized carbons (Fsp3) is 0.257. The van der Waals surface area contributed by atoms with E-state index in [9.17, 15) is 18.0 Å². The third kappa shape index (κ3) is 8.77. The van der Waals surface area contributed by atoms with E-state index >= 15 is 0 Å². The van der Waals surface area contributed by atoms with Crippen LogP contribution in [0, 0.1) is 6.92 Å². The molecule has 4 aromatic rings. The molecule has 0 heterocycles. The van der Waals surface area contributed by atoms with Gasteiger partial charge in [-0.1, -0.05) is 77.3 Å². The molecule has 0 saturated heterocycles. The molecule has 9 nitrogen and oxygen atoms in total. The largest absolute Gasteiger partial charge is 0.493 e. The van der Waals surface area contributed by atoms with Crippen molar-refractivity contribution < 1.29 is 27.5 Å². The van der Waals surface area contributed by atoms with Gasteiger partial charge in [0.05, 0.1) is 24.8 Å². The quantitative estimate of drug-likeness (QED) is 0.166. The molecular weight excluding hydrogens is 661 g/mol. The summed E-state index contributed by atoms with van der Waals surface area (Å²) >= 11 is 12.7. The Labute approximate surface area is 286 Å². The number of ether oxygens (including phenoxy) is 2. The number of aryl methyl sites for hydroxylation is 1. The van der Waals surface area contributed by atoms with E-state index in [-0.39, 0.29) is 29.3 Å². The number of hydrogen-bond donors (Lipinski definition) is 1. The molecule has 0 aliphatic heterocycles. The van der Waals surface area contributed by atoms with Crippen molar-refractivity contribution in [1.29, 1.82) is 0 Å². The Bertz CT molecular complexity index is 1800. The number of amides is 2. The number of rotatable bonds is 14. The van der Waals surface area contributed by atoms with E-state index in [0.717, 1.165) is 15.4 Å². The minimum atomic E-state index is -4.30. The zero-order valence-corrected chi connectivity index (χ0v) is 28.9. The van der Waals surface area contributed by atoms with Crippen LogP contribution in [-0.2, 0) is 32.6 Å². The number of anilines is 1. The molecule has 0 fully saturated rings. The molecule has 0 spiro atoms. The molecule has 4 rings (SSSR count). The zero-order chi connectivity index (χ0) is 34.1. The number of nitrogens with one attached hydrogen (secondary N) is 1. The summed E-state index contributed by atoms with van der Waals surface area (Å²) in [5.74, 6) is -0.369. The van der Waals surface area contributed by atoms with Crippen LogP contribution in [0.4, 0.5) is 5.69 Å². The second-order valence-electron chi connectivity index (χ2n) is 10.7. The van der Waals surface area contributed by atoms with Crippen LogP contribution in [0.25, 0.3) is 0 Å². The summed E-state index contributed by atoms with van der Waals surface area (Å²) in [4.78, 5) is 29.6. The lowest BCUT2D eigenvalue weighted by molar-refractivity contribution is -0.140. The molecule has 4 aromatic carbocycles. The number of carbonyl (C=O) groups excluding carboxylic acids is 2. The first-order valence-electron chi connectivity index (χ1n) is 14.8. The summed E-state index contributed by atoms with van der Waals surface area (Å²) in [6.07, 6.45) is 0.171. The number of carbonyl (C=O) groups is 2. The van der Waals surface area contributed by atoms with Gasteiger partial charge in [-0.15, -0.1) is 0 Å². The third-order valence-electron chi connectivity index (χ3n) is 7.52. The summed E-state index contributed by atoms with van der Waals surface area (Å²) in [5, 5.41) is 3.54. The highest BCUT2D eigenvalue weighted by atomic mass is 35.5. The normalized spacial score (nSPS) is 11.8. The van der Waals surface area contributed by atoms with Crippen molar-refractivity contribution in [2.24, 2.45) is 0 Å². The van der Waals surface area contributed by atoms with E-state index in [1.165, 1.54) is 43.4 Å². The summed E-state index contributed by atoms with van der Waals surface area (Å²) in [7, 11) is -1.40. The highest BCUT2D eigenvalue weighted by molar-refractivity contribution is 7.92. The molecular formula is C35H37Cl2N3O6S. The smallest absolute Gasteiger partial charge is 0.264 e. The molecule has 0 aliphatic carbocycles. The number of nitrogens with zero attached hydrogens (tertiary/aromatic N) is 2. The van der Waals surface area contributed by atoms with Gasteiger partial charge in [0.15, 0.2) is 11.5 Å². The first kappa shape index (κ1) is 35.6.